The van der Waals surface area contributed by atoms with Crippen molar-refractivity contribution in [3.63, 3.8) is 0 Å². The molecule has 1 unspecified atom stereocenters. The molecule has 1 atom stereocenters. The molecule has 3 rings (SSSR count). The summed E-state index contributed by atoms with van der Waals surface area (Å²) in [6.45, 7) is 0. The Morgan fingerprint density at radius 2 is 2.21 bits per heavy atom. The number of rotatable bonds is 7. The summed E-state index contributed by atoms with van der Waals surface area (Å²) >= 11 is 1.34. The van der Waals surface area contributed by atoms with Gasteiger partial charge in [-0.3, -0.25) is 4.79 Å². The second-order valence-electron chi connectivity index (χ2n) is 6.25. The first-order valence-electron chi connectivity index (χ1n) is 8.90. The first kappa shape index (κ1) is 20.0. The Morgan fingerprint density at radius 3 is 2.89 bits per heavy atom. The largest absolute Gasteiger partial charge is 0.499 e. The van der Waals surface area contributed by atoms with Crippen LogP contribution in [0, 0.1) is 0 Å². The second kappa shape index (κ2) is 8.99. The number of pyridine rings is 1. The summed E-state index contributed by atoms with van der Waals surface area (Å²) in [5, 5.41) is 4.00. The molecule has 1 N–H and O–H groups in total. The molecular weight excluding hydrogens is 376 g/mol. The van der Waals surface area contributed by atoms with E-state index in [0.717, 1.165) is 40.1 Å². The lowest BCUT2D eigenvalue weighted by Crippen LogP contribution is -2.15. The van der Waals surface area contributed by atoms with Crippen LogP contribution in [0.5, 0.6) is 0 Å². The third kappa shape index (κ3) is 3.93. The highest BCUT2D eigenvalue weighted by Crippen LogP contribution is 2.39. The number of fused-ring (bicyclic) bond motifs is 1. The molecule has 1 aliphatic rings. The van der Waals surface area contributed by atoms with E-state index in [1.165, 1.54) is 11.3 Å². The number of aliphatic imine (C=N–C) groups is 1. The number of hydrogen-bond acceptors (Lipinski definition) is 7. The van der Waals surface area contributed by atoms with Crippen LogP contribution < -0.4 is 5.32 Å². The molecule has 0 spiro atoms. The van der Waals surface area contributed by atoms with Crippen molar-refractivity contribution in [1.82, 2.24) is 9.88 Å². The molecule has 0 amide bonds. The SMILES string of the molecule is CNc1ccnc2sc(C=O)c(N=CN(C)C3=CCC(OC)C(OC)=CC3)c12. The number of anilines is 1. The van der Waals surface area contributed by atoms with E-state index < -0.39 is 0 Å². The zero-order valence-corrected chi connectivity index (χ0v) is 17.2. The highest BCUT2D eigenvalue weighted by Gasteiger charge is 2.18. The topological polar surface area (TPSA) is 76.1 Å². The van der Waals surface area contributed by atoms with Crippen LogP contribution in [0.2, 0.25) is 0 Å². The molecule has 0 bridgehead atoms. The Labute approximate surface area is 168 Å². The van der Waals surface area contributed by atoms with Gasteiger partial charge in [-0.2, -0.15) is 0 Å². The molecule has 0 saturated heterocycles. The molecule has 148 valence electrons. The molecule has 7 nitrogen and oxygen atoms in total. The number of nitrogens with one attached hydrogen (secondary N) is 1. The first-order chi connectivity index (χ1) is 13.6. The summed E-state index contributed by atoms with van der Waals surface area (Å²) in [5.74, 6) is 0.830. The van der Waals surface area contributed by atoms with Crippen LogP contribution in [0.25, 0.3) is 10.2 Å². The Morgan fingerprint density at radius 1 is 1.39 bits per heavy atom. The quantitative estimate of drug-likeness (QED) is 0.431. The molecule has 0 aromatic carbocycles. The number of allylic oxidation sites excluding steroid dienone is 1. The van der Waals surface area contributed by atoms with E-state index in [1.807, 2.05) is 31.1 Å². The molecule has 2 heterocycles. The predicted molar refractivity (Wildman–Crippen MR) is 114 cm³/mol. The molecule has 1 aliphatic carbocycles. The standard InChI is InChI=1S/C20H24N4O3S/c1-21-14-9-10-22-20-18(14)19(17(11-25)28-20)23-12-24(2)13-5-7-15(26-3)16(27-4)8-6-13/h5,8-12,15H,6-7H2,1-4H3,(H,21,22). The van der Waals surface area contributed by atoms with Gasteiger partial charge in [0.15, 0.2) is 6.29 Å². The van der Waals surface area contributed by atoms with Crippen molar-refractivity contribution in [2.45, 2.75) is 18.9 Å². The van der Waals surface area contributed by atoms with Crippen LogP contribution in [-0.2, 0) is 9.47 Å². The minimum absolute atomic E-state index is 0.0837. The number of hydrogen-bond donors (Lipinski definition) is 1. The van der Waals surface area contributed by atoms with Crippen molar-refractivity contribution in [2.24, 2.45) is 4.99 Å². The fourth-order valence-electron chi connectivity index (χ4n) is 3.15. The zero-order valence-electron chi connectivity index (χ0n) is 16.4. The Hall–Kier alpha value is -2.71. The maximum absolute atomic E-state index is 11.6. The van der Waals surface area contributed by atoms with Crippen LogP contribution in [0.1, 0.15) is 22.5 Å². The molecule has 0 saturated carbocycles. The Balaban J connectivity index is 1.91. The van der Waals surface area contributed by atoms with Gasteiger partial charge in [-0.1, -0.05) is 6.08 Å². The van der Waals surface area contributed by atoms with Gasteiger partial charge in [-0.15, -0.1) is 11.3 Å². The number of aldehydes is 1. The lowest BCUT2D eigenvalue weighted by molar-refractivity contribution is 0.0810. The van der Waals surface area contributed by atoms with Gasteiger partial charge in [-0.25, -0.2) is 9.98 Å². The lowest BCUT2D eigenvalue weighted by atomic mass is 10.2. The van der Waals surface area contributed by atoms with Gasteiger partial charge in [0.25, 0.3) is 0 Å². The third-order valence-electron chi connectivity index (χ3n) is 4.70. The Bertz CT molecular complexity index is 948. The molecule has 0 aliphatic heterocycles. The van der Waals surface area contributed by atoms with E-state index >= 15 is 0 Å². The zero-order chi connectivity index (χ0) is 20.1. The maximum atomic E-state index is 11.6. The van der Waals surface area contributed by atoms with E-state index in [9.17, 15) is 4.79 Å². The maximum Gasteiger partial charge on any atom is 0.162 e. The normalized spacial score (nSPS) is 17.2. The second-order valence-corrected chi connectivity index (χ2v) is 7.28. The summed E-state index contributed by atoms with van der Waals surface area (Å²) in [5.41, 5.74) is 2.61. The van der Waals surface area contributed by atoms with E-state index in [-0.39, 0.29) is 6.10 Å². The number of methoxy groups -OCH3 is 2. The number of aromatic nitrogens is 1. The van der Waals surface area contributed by atoms with Crippen molar-refractivity contribution in [3.05, 3.63) is 40.7 Å². The van der Waals surface area contributed by atoms with Crippen molar-refractivity contribution >= 4 is 45.6 Å². The van der Waals surface area contributed by atoms with Crippen LogP contribution in [-0.4, -0.2) is 56.9 Å². The third-order valence-corrected chi connectivity index (χ3v) is 5.71. The van der Waals surface area contributed by atoms with E-state index in [1.54, 1.807) is 26.8 Å². The number of ether oxygens (including phenoxy) is 2. The molecule has 28 heavy (non-hydrogen) atoms. The molecule has 2 aromatic rings. The van der Waals surface area contributed by atoms with Crippen molar-refractivity contribution < 1.29 is 14.3 Å². The summed E-state index contributed by atoms with van der Waals surface area (Å²) in [7, 11) is 7.12. The number of carbonyl (C=O) groups excluding carboxylic acids is 1. The summed E-state index contributed by atoms with van der Waals surface area (Å²) in [6.07, 6.45) is 9.78. The van der Waals surface area contributed by atoms with E-state index in [4.69, 9.17) is 9.47 Å². The molecule has 0 fully saturated rings. The fourth-order valence-corrected chi connectivity index (χ4v) is 4.08. The average Bonchev–Trinajstić information content (AvgIpc) is 2.95. The van der Waals surface area contributed by atoms with Gasteiger partial charge in [0.1, 0.15) is 16.7 Å². The minimum Gasteiger partial charge on any atom is -0.499 e. The van der Waals surface area contributed by atoms with Gasteiger partial charge < -0.3 is 19.7 Å². The number of nitrogens with zero attached hydrogens (tertiary/aromatic N) is 3. The molecular formula is C20H24N4O3S. The summed E-state index contributed by atoms with van der Waals surface area (Å²) in [6, 6.07) is 1.88. The smallest absolute Gasteiger partial charge is 0.162 e. The lowest BCUT2D eigenvalue weighted by Gasteiger charge is -2.16. The molecule has 8 heteroatoms. The number of thiophene rings is 1. The van der Waals surface area contributed by atoms with Gasteiger partial charge in [-0.05, 0) is 12.1 Å². The highest BCUT2D eigenvalue weighted by atomic mass is 32.1. The van der Waals surface area contributed by atoms with Crippen LogP contribution in [0.4, 0.5) is 11.4 Å². The fraction of sp³-hybridized carbons (Fsp3) is 0.350. The Kier molecular flexibility index (Phi) is 6.43. The van der Waals surface area contributed by atoms with Gasteiger partial charge in [0, 0.05) is 51.6 Å². The highest BCUT2D eigenvalue weighted by molar-refractivity contribution is 7.21. The molecule has 0 radical (unpaired) electrons. The van der Waals surface area contributed by atoms with Gasteiger partial charge in [0.2, 0.25) is 0 Å². The summed E-state index contributed by atoms with van der Waals surface area (Å²) < 4.78 is 10.9. The number of carbonyl (C=O) groups is 1. The monoisotopic (exact) mass is 400 g/mol. The average molecular weight is 401 g/mol. The van der Waals surface area contributed by atoms with Crippen molar-refractivity contribution in [1.29, 1.82) is 0 Å². The van der Waals surface area contributed by atoms with Gasteiger partial charge >= 0.3 is 0 Å². The van der Waals surface area contributed by atoms with E-state index in [0.29, 0.717) is 17.0 Å². The first-order valence-corrected chi connectivity index (χ1v) is 9.71. The summed E-state index contributed by atoms with van der Waals surface area (Å²) in [4.78, 5) is 23.9. The van der Waals surface area contributed by atoms with Crippen LogP contribution >= 0.6 is 11.3 Å². The molecule has 2 aromatic heterocycles. The van der Waals surface area contributed by atoms with Crippen LogP contribution in [0.15, 0.2) is 40.9 Å². The van der Waals surface area contributed by atoms with Gasteiger partial charge in [0.05, 0.1) is 29.4 Å². The van der Waals surface area contributed by atoms with Crippen LogP contribution in [0.3, 0.4) is 0 Å². The predicted octanol–water partition coefficient (Wildman–Crippen LogP) is 3.97. The van der Waals surface area contributed by atoms with Crippen molar-refractivity contribution in [3.8, 4) is 0 Å². The van der Waals surface area contributed by atoms with Crippen molar-refractivity contribution in [2.75, 3.05) is 33.6 Å². The minimum atomic E-state index is -0.0837. The van der Waals surface area contributed by atoms with E-state index in [2.05, 4.69) is 21.4 Å².